The van der Waals surface area contributed by atoms with Gasteiger partial charge in [-0.05, 0) is 92.2 Å². The SMILES string of the molecule is Cc1[nH]c(C=C2C(=O)Nc3cccc(-c4ccc(F)cc4)c32)c(C)c1C1CCNCC1. The number of H-pyrrole nitrogens is 1. The summed E-state index contributed by atoms with van der Waals surface area (Å²) in [6, 6.07) is 12.2. The fraction of sp³-hybridized carbons (Fsp3) is 0.269. The molecule has 1 aromatic heterocycles. The number of hydrogen-bond donors (Lipinski definition) is 3. The molecular formula is C26H26FN3O. The molecule has 158 valence electrons. The summed E-state index contributed by atoms with van der Waals surface area (Å²) in [5, 5.41) is 6.42. The van der Waals surface area contributed by atoms with E-state index in [4.69, 9.17) is 0 Å². The third kappa shape index (κ3) is 3.49. The van der Waals surface area contributed by atoms with Crippen molar-refractivity contribution < 1.29 is 9.18 Å². The molecular weight excluding hydrogens is 389 g/mol. The van der Waals surface area contributed by atoms with Gasteiger partial charge in [-0.25, -0.2) is 4.39 Å². The first kappa shape index (κ1) is 19.8. The number of rotatable bonds is 3. The molecule has 0 radical (unpaired) electrons. The minimum absolute atomic E-state index is 0.111. The average molecular weight is 416 g/mol. The number of benzene rings is 2. The highest BCUT2D eigenvalue weighted by Crippen LogP contribution is 2.41. The summed E-state index contributed by atoms with van der Waals surface area (Å²) in [6.07, 6.45) is 4.24. The third-order valence-corrected chi connectivity index (χ3v) is 6.55. The van der Waals surface area contributed by atoms with Gasteiger partial charge < -0.3 is 15.6 Å². The first-order chi connectivity index (χ1) is 15.0. The van der Waals surface area contributed by atoms with Gasteiger partial charge in [-0.2, -0.15) is 0 Å². The first-order valence-corrected chi connectivity index (χ1v) is 10.8. The Morgan fingerprint density at radius 3 is 2.52 bits per heavy atom. The molecule has 4 nitrogen and oxygen atoms in total. The molecule has 0 unspecified atom stereocenters. The summed E-state index contributed by atoms with van der Waals surface area (Å²) in [6.45, 7) is 6.36. The number of aromatic amines is 1. The van der Waals surface area contributed by atoms with Crippen LogP contribution < -0.4 is 10.6 Å². The molecule has 3 N–H and O–H groups in total. The van der Waals surface area contributed by atoms with Gasteiger partial charge in [0.1, 0.15) is 5.82 Å². The van der Waals surface area contributed by atoms with E-state index in [1.807, 2.05) is 24.3 Å². The number of hydrogen-bond acceptors (Lipinski definition) is 2. The van der Waals surface area contributed by atoms with Crippen LogP contribution in [0, 0.1) is 19.7 Å². The van der Waals surface area contributed by atoms with Crippen molar-refractivity contribution in [2.24, 2.45) is 0 Å². The predicted molar refractivity (Wildman–Crippen MR) is 123 cm³/mol. The number of nitrogens with one attached hydrogen (secondary N) is 3. The highest BCUT2D eigenvalue weighted by Gasteiger charge is 2.28. The second kappa shape index (κ2) is 7.82. The standard InChI is InChI=1S/C26H26FN3O/c1-15-23(29-16(2)24(15)18-10-12-28-13-11-18)14-21-25-20(17-6-8-19(27)9-7-17)4-3-5-22(25)30-26(21)31/h3-9,14,18,28-29H,10-13H2,1-2H3,(H,30,31). The Kier molecular flexibility index (Phi) is 4.98. The summed E-state index contributed by atoms with van der Waals surface area (Å²) in [5.41, 5.74) is 8.87. The molecule has 0 bridgehead atoms. The quantitative estimate of drug-likeness (QED) is 0.502. The second-order valence-corrected chi connectivity index (χ2v) is 8.47. The number of aryl methyl sites for hydroxylation is 1. The largest absolute Gasteiger partial charge is 0.359 e. The van der Waals surface area contributed by atoms with Gasteiger partial charge in [0, 0.05) is 22.6 Å². The van der Waals surface area contributed by atoms with E-state index in [0.29, 0.717) is 11.5 Å². The van der Waals surface area contributed by atoms with Crippen molar-refractivity contribution in [2.75, 3.05) is 18.4 Å². The zero-order chi connectivity index (χ0) is 21.5. The molecule has 0 saturated carbocycles. The Bertz CT molecular complexity index is 1180. The molecule has 31 heavy (non-hydrogen) atoms. The first-order valence-electron chi connectivity index (χ1n) is 10.8. The van der Waals surface area contributed by atoms with E-state index < -0.39 is 0 Å². The normalized spacial score (nSPS) is 17.8. The maximum Gasteiger partial charge on any atom is 0.256 e. The van der Waals surface area contributed by atoms with E-state index in [1.165, 1.54) is 29.0 Å². The van der Waals surface area contributed by atoms with Crippen molar-refractivity contribution in [3.05, 3.63) is 76.4 Å². The Hall–Kier alpha value is -3.18. The molecule has 0 atom stereocenters. The van der Waals surface area contributed by atoms with Crippen LogP contribution in [0.1, 0.15) is 46.8 Å². The van der Waals surface area contributed by atoms with Crippen LogP contribution in [0.15, 0.2) is 42.5 Å². The highest BCUT2D eigenvalue weighted by atomic mass is 19.1. The van der Waals surface area contributed by atoms with Gasteiger partial charge in [0.2, 0.25) is 0 Å². The number of carbonyl (C=O) groups excluding carboxylic acids is 1. The number of halogens is 1. The van der Waals surface area contributed by atoms with Gasteiger partial charge in [-0.1, -0.05) is 24.3 Å². The molecule has 2 aromatic carbocycles. The van der Waals surface area contributed by atoms with Crippen molar-refractivity contribution in [3.63, 3.8) is 0 Å². The average Bonchev–Trinajstić information content (AvgIpc) is 3.24. The van der Waals surface area contributed by atoms with Crippen molar-refractivity contribution in [1.29, 1.82) is 0 Å². The third-order valence-electron chi connectivity index (χ3n) is 6.55. The van der Waals surface area contributed by atoms with E-state index >= 15 is 0 Å². The minimum Gasteiger partial charge on any atom is -0.359 e. The Labute approximate surface area is 181 Å². The Morgan fingerprint density at radius 1 is 1.03 bits per heavy atom. The zero-order valence-corrected chi connectivity index (χ0v) is 17.8. The maximum absolute atomic E-state index is 13.5. The number of fused-ring (bicyclic) bond motifs is 1. The van der Waals surface area contributed by atoms with Crippen LogP contribution in [0.4, 0.5) is 10.1 Å². The number of carbonyl (C=O) groups is 1. The number of piperidine rings is 1. The van der Waals surface area contributed by atoms with Gasteiger partial charge in [-0.3, -0.25) is 4.79 Å². The van der Waals surface area contributed by atoms with Crippen LogP contribution in [-0.4, -0.2) is 24.0 Å². The number of amides is 1. The fourth-order valence-corrected chi connectivity index (χ4v) is 5.06. The van der Waals surface area contributed by atoms with Crippen molar-refractivity contribution >= 4 is 23.2 Å². The molecule has 5 rings (SSSR count). The number of aromatic nitrogens is 1. The lowest BCUT2D eigenvalue weighted by atomic mass is 9.87. The lowest BCUT2D eigenvalue weighted by Gasteiger charge is -2.23. The lowest BCUT2D eigenvalue weighted by Crippen LogP contribution is -2.27. The van der Waals surface area contributed by atoms with Crippen LogP contribution in [0.3, 0.4) is 0 Å². The topological polar surface area (TPSA) is 56.9 Å². The molecule has 3 aromatic rings. The van der Waals surface area contributed by atoms with E-state index in [2.05, 4.69) is 29.5 Å². The predicted octanol–water partition coefficient (Wildman–Crippen LogP) is 5.40. The summed E-state index contributed by atoms with van der Waals surface area (Å²) >= 11 is 0. The lowest BCUT2D eigenvalue weighted by molar-refractivity contribution is -0.110. The minimum atomic E-state index is -0.274. The summed E-state index contributed by atoms with van der Waals surface area (Å²) in [4.78, 5) is 16.4. The molecule has 1 fully saturated rings. The van der Waals surface area contributed by atoms with Crippen molar-refractivity contribution in [2.45, 2.75) is 32.6 Å². The van der Waals surface area contributed by atoms with E-state index in [-0.39, 0.29) is 11.7 Å². The molecule has 0 aliphatic carbocycles. The highest BCUT2D eigenvalue weighted by molar-refractivity contribution is 6.36. The number of anilines is 1. The van der Waals surface area contributed by atoms with E-state index in [1.54, 1.807) is 12.1 Å². The molecule has 1 saturated heterocycles. The molecule has 2 aliphatic heterocycles. The van der Waals surface area contributed by atoms with Crippen molar-refractivity contribution in [1.82, 2.24) is 10.3 Å². The Morgan fingerprint density at radius 2 is 1.77 bits per heavy atom. The van der Waals surface area contributed by atoms with Gasteiger partial charge in [-0.15, -0.1) is 0 Å². The fourth-order valence-electron chi connectivity index (χ4n) is 5.06. The van der Waals surface area contributed by atoms with Crippen LogP contribution in [-0.2, 0) is 4.79 Å². The van der Waals surface area contributed by atoms with Gasteiger partial charge >= 0.3 is 0 Å². The van der Waals surface area contributed by atoms with Gasteiger partial charge in [0.05, 0.1) is 5.57 Å². The van der Waals surface area contributed by atoms with E-state index in [0.717, 1.165) is 54.0 Å². The smallest absolute Gasteiger partial charge is 0.256 e. The van der Waals surface area contributed by atoms with Crippen LogP contribution >= 0.6 is 0 Å². The Balaban J connectivity index is 1.60. The summed E-state index contributed by atoms with van der Waals surface area (Å²) < 4.78 is 13.5. The molecule has 0 spiro atoms. The van der Waals surface area contributed by atoms with Crippen LogP contribution in [0.25, 0.3) is 22.8 Å². The van der Waals surface area contributed by atoms with Crippen molar-refractivity contribution in [3.8, 4) is 11.1 Å². The van der Waals surface area contributed by atoms with Crippen LogP contribution in [0.2, 0.25) is 0 Å². The second-order valence-electron chi connectivity index (χ2n) is 8.47. The van der Waals surface area contributed by atoms with Gasteiger partial charge in [0.15, 0.2) is 0 Å². The van der Waals surface area contributed by atoms with E-state index in [9.17, 15) is 9.18 Å². The molecule has 2 aliphatic rings. The van der Waals surface area contributed by atoms with Gasteiger partial charge in [0.25, 0.3) is 5.91 Å². The monoisotopic (exact) mass is 415 g/mol. The van der Waals surface area contributed by atoms with Crippen LogP contribution in [0.5, 0.6) is 0 Å². The molecule has 1 amide bonds. The summed E-state index contributed by atoms with van der Waals surface area (Å²) in [7, 11) is 0. The molecule has 5 heteroatoms. The molecule has 3 heterocycles. The zero-order valence-electron chi connectivity index (χ0n) is 17.8. The maximum atomic E-state index is 13.5. The summed E-state index contributed by atoms with van der Waals surface area (Å²) in [5.74, 6) is 0.160.